The minimum Gasteiger partial charge on any atom is -0.203 e. The van der Waals surface area contributed by atoms with E-state index in [1.807, 2.05) is 0 Å². The van der Waals surface area contributed by atoms with Crippen molar-refractivity contribution in [3.63, 3.8) is 0 Å². The van der Waals surface area contributed by atoms with Gasteiger partial charge in [-0.25, -0.2) is 61.5 Å². The Hall–Kier alpha value is -3.58. The predicted molar refractivity (Wildman–Crippen MR) is 86.3 cm³/mol. The Balaban J connectivity index is 2.48. The molecule has 0 atom stereocenters. The van der Waals surface area contributed by atoms with Crippen molar-refractivity contribution in [2.75, 3.05) is 0 Å². The summed E-state index contributed by atoms with van der Waals surface area (Å²) in [4.78, 5) is 0. The Morgan fingerprint density at radius 1 is 0.176 bits per heavy atom. The first-order valence-electron chi connectivity index (χ1n) is 8.40. The van der Waals surface area contributed by atoms with Crippen LogP contribution in [0.1, 0.15) is 0 Å². The summed E-state index contributed by atoms with van der Waals surface area (Å²) in [6.45, 7) is 0. The zero-order valence-corrected chi connectivity index (χ0v) is 15.3. The molecular formula is C20F14. The molecule has 0 fully saturated rings. The van der Waals surface area contributed by atoms with Crippen LogP contribution in [-0.2, 0) is 0 Å². The smallest absolute Gasteiger partial charge is 0.198 e. The van der Waals surface area contributed by atoms with Crippen LogP contribution in [0.2, 0.25) is 0 Å². The first-order valence-corrected chi connectivity index (χ1v) is 8.40. The average molecular weight is 506 g/mol. The van der Waals surface area contributed by atoms with Gasteiger partial charge < -0.3 is 0 Å². The lowest BCUT2D eigenvalue weighted by Gasteiger charge is -2.17. The molecule has 14 heteroatoms. The Labute approximate surface area is 176 Å². The van der Waals surface area contributed by atoms with Crippen molar-refractivity contribution in [2.24, 2.45) is 0 Å². The van der Waals surface area contributed by atoms with Gasteiger partial charge in [0, 0.05) is 21.9 Å². The highest BCUT2D eigenvalue weighted by molar-refractivity contribution is 6.07. The molecule has 0 aliphatic rings. The second kappa shape index (κ2) is 7.46. The molecule has 4 aromatic carbocycles. The van der Waals surface area contributed by atoms with E-state index in [0.29, 0.717) is 0 Å². The molecule has 4 aromatic rings. The normalized spacial score (nSPS) is 11.8. The van der Waals surface area contributed by atoms with Crippen molar-refractivity contribution >= 4 is 21.5 Å². The molecule has 0 spiro atoms. The molecule has 0 nitrogen and oxygen atoms in total. The fourth-order valence-corrected chi connectivity index (χ4v) is 3.47. The van der Waals surface area contributed by atoms with Gasteiger partial charge >= 0.3 is 0 Å². The molecule has 0 aliphatic heterocycles. The third-order valence-electron chi connectivity index (χ3n) is 4.93. The minimum atomic E-state index is -2.87. The molecule has 0 radical (unpaired) electrons. The summed E-state index contributed by atoms with van der Waals surface area (Å²) >= 11 is 0. The van der Waals surface area contributed by atoms with Crippen molar-refractivity contribution in [3.05, 3.63) is 81.4 Å². The summed E-state index contributed by atoms with van der Waals surface area (Å²) in [5.41, 5.74) is -4.65. The standard InChI is InChI=1S/C20F14/c21-7-1(3-5(11(25)15(7)29)13(27)19(33)17(31)9(3)23)2-4-6(12(26)16(30)8(2)22)14(28)20(34)18(32)10(4)24. The topological polar surface area (TPSA) is 0 Å². The minimum absolute atomic E-state index is 2.22. The van der Waals surface area contributed by atoms with Gasteiger partial charge in [0.1, 0.15) is 0 Å². The second-order valence-electron chi connectivity index (χ2n) is 6.65. The van der Waals surface area contributed by atoms with Crippen LogP contribution in [0.5, 0.6) is 0 Å². The molecule has 178 valence electrons. The number of fused-ring (bicyclic) bond motifs is 2. The zero-order valence-electron chi connectivity index (χ0n) is 15.3. The van der Waals surface area contributed by atoms with E-state index in [1.165, 1.54) is 0 Å². The van der Waals surface area contributed by atoms with Crippen LogP contribution in [-0.4, -0.2) is 0 Å². The van der Waals surface area contributed by atoms with Crippen molar-refractivity contribution < 1.29 is 61.5 Å². The molecule has 4 rings (SSSR count). The summed E-state index contributed by atoms with van der Waals surface area (Å²) < 4.78 is 198. The van der Waals surface area contributed by atoms with Crippen LogP contribution in [0, 0.1) is 81.4 Å². The molecule has 0 unspecified atom stereocenters. The third kappa shape index (κ3) is 2.73. The first kappa shape index (κ1) is 23.6. The number of rotatable bonds is 1. The van der Waals surface area contributed by atoms with Crippen molar-refractivity contribution in [1.29, 1.82) is 0 Å². The van der Waals surface area contributed by atoms with E-state index in [2.05, 4.69) is 0 Å². The van der Waals surface area contributed by atoms with Crippen LogP contribution in [0.15, 0.2) is 0 Å². The molecule has 0 heterocycles. The average Bonchev–Trinajstić information content (AvgIpc) is 2.80. The summed E-state index contributed by atoms with van der Waals surface area (Å²) in [6.07, 6.45) is 0. The Morgan fingerprint density at radius 3 is 0.588 bits per heavy atom. The lowest BCUT2D eigenvalue weighted by Crippen LogP contribution is -2.10. The Morgan fingerprint density at radius 2 is 0.353 bits per heavy atom. The van der Waals surface area contributed by atoms with Gasteiger partial charge in [-0.15, -0.1) is 0 Å². The quantitative estimate of drug-likeness (QED) is 0.142. The van der Waals surface area contributed by atoms with Gasteiger partial charge in [-0.05, 0) is 0 Å². The fraction of sp³-hybridized carbons (Fsp3) is 0. The van der Waals surface area contributed by atoms with E-state index in [4.69, 9.17) is 0 Å². The number of benzene rings is 4. The van der Waals surface area contributed by atoms with Gasteiger partial charge in [-0.1, -0.05) is 0 Å². The van der Waals surface area contributed by atoms with Crippen LogP contribution in [0.25, 0.3) is 32.7 Å². The summed E-state index contributed by atoms with van der Waals surface area (Å²) in [7, 11) is 0. The molecule has 0 bridgehead atoms. The third-order valence-corrected chi connectivity index (χ3v) is 4.93. The Kier molecular flexibility index (Phi) is 5.18. The number of hydrogen-bond acceptors (Lipinski definition) is 0. The summed E-state index contributed by atoms with van der Waals surface area (Å²) in [6, 6.07) is 0. The van der Waals surface area contributed by atoms with Gasteiger partial charge in [0.2, 0.25) is 0 Å². The molecule has 0 amide bonds. The maximum absolute atomic E-state index is 14.7. The molecule has 0 aliphatic carbocycles. The van der Waals surface area contributed by atoms with Crippen molar-refractivity contribution in [2.45, 2.75) is 0 Å². The monoisotopic (exact) mass is 506 g/mol. The van der Waals surface area contributed by atoms with Crippen LogP contribution < -0.4 is 0 Å². The summed E-state index contributed by atoms with van der Waals surface area (Å²) in [5, 5.41) is -8.93. The van der Waals surface area contributed by atoms with Crippen molar-refractivity contribution in [3.8, 4) is 11.1 Å². The van der Waals surface area contributed by atoms with E-state index in [0.717, 1.165) is 0 Å². The maximum Gasteiger partial charge on any atom is 0.198 e. The van der Waals surface area contributed by atoms with E-state index < -0.39 is 114 Å². The predicted octanol–water partition coefficient (Wildman–Crippen LogP) is 7.61. The van der Waals surface area contributed by atoms with E-state index >= 15 is 0 Å². The van der Waals surface area contributed by atoms with Crippen molar-refractivity contribution in [1.82, 2.24) is 0 Å². The van der Waals surface area contributed by atoms with E-state index in [-0.39, 0.29) is 0 Å². The first-order chi connectivity index (χ1) is 15.7. The molecule has 0 aromatic heterocycles. The largest absolute Gasteiger partial charge is 0.203 e. The van der Waals surface area contributed by atoms with Crippen LogP contribution in [0.4, 0.5) is 61.5 Å². The molecule has 0 saturated carbocycles. The van der Waals surface area contributed by atoms with E-state index in [9.17, 15) is 61.5 Å². The van der Waals surface area contributed by atoms with Crippen LogP contribution in [0.3, 0.4) is 0 Å². The van der Waals surface area contributed by atoms with Crippen LogP contribution >= 0.6 is 0 Å². The van der Waals surface area contributed by atoms with E-state index in [1.54, 1.807) is 0 Å². The molecule has 34 heavy (non-hydrogen) atoms. The SMILES string of the molecule is Fc1c(F)c(F)c2c(-c3c(F)c(F)c(F)c4c(F)c(F)c(F)c(F)c34)c(F)c(F)c(F)c2c1F. The fourth-order valence-electron chi connectivity index (χ4n) is 3.47. The highest BCUT2D eigenvalue weighted by atomic mass is 19.2. The van der Waals surface area contributed by atoms with Gasteiger partial charge in [0.25, 0.3) is 0 Å². The zero-order chi connectivity index (χ0) is 25.5. The highest BCUT2D eigenvalue weighted by Gasteiger charge is 2.37. The maximum atomic E-state index is 14.7. The highest BCUT2D eigenvalue weighted by Crippen LogP contribution is 2.46. The Bertz CT molecular complexity index is 1450. The summed E-state index contributed by atoms with van der Waals surface area (Å²) in [5.74, 6) is -39.0. The molecular weight excluding hydrogens is 506 g/mol. The van der Waals surface area contributed by atoms with Gasteiger partial charge in [0.15, 0.2) is 81.4 Å². The van der Waals surface area contributed by atoms with Gasteiger partial charge in [0.05, 0.1) is 10.8 Å². The number of hydrogen-bond donors (Lipinski definition) is 0. The van der Waals surface area contributed by atoms with Gasteiger partial charge in [-0.2, -0.15) is 0 Å². The lowest BCUT2D eigenvalue weighted by atomic mass is 9.90. The van der Waals surface area contributed by atoms with Gasteiger partial charge in [-0.3, -0.25) is 0 Å². The molecule has 0 saturated heterocycles. The molecule has 0 N–H and O–H groups in total. The second-order valence-corrected chi connectivity index (χ2v) is 6.65. The number of halogens is 14. The lowest BCUT2D eigenvalue weighted by molar-refractivity contribution is 0.409.